The monoisotopic (exact) mass is 473 g/mol. The summed E-state index contributed by atoms with van der Waals surface area (Å²) < 4.78 is 0. The standard InChI is InChI=1S/C26H31N7O2/c27-25-22(16-21(30-31-25)20-8-4-5-9-24(20)34)32-14-15-33(19-6-2-1-3-7-19)23(17-32)26(35)29-18-10-12-28-13-11-18/h1-9,16,18,23,28,34H,10-15,17H2,(H2,27,31)(H,29,35). The largest absolute Gasteiger partial charge is 0.507 e. The van der Waals surface area contributed by atoms with E-state index in [0.29, 0.717) is 42.4 Å². The van der Waals surface area contributed by atoms with Crippen molar-refractivity contribution in [3.8, 4) is 17.0 Å². The fraction of sp³-hybridized carbons (Fsp3) is 0.346. The fourth-order valence-electron chi connectivity index (χ4n) is 4.88. The molecule has 5 N–H and O–H groups in total. The number of nitrogens with zero attached hydrogens (tertiary/aromatic N) is 4. The van der Waals surface area contributed by atoms with E-state index in [0.717, 1.165) is 31.6 Å². The number of hydrogen-bond acceptors (Lipinski definition) is 8. The Labute approximate surface area is 205 Å². The molecule has 0 bridgehead atoms. The number of piperazine rings is 1. The minimum absolute atomic E-state index is 0.0203. The molecule has 9 heteroatoms. The quantitative estimate of drug-likeness (QED) is 0.444. The van der Waals surface area contributed by atoms with E-state index in [-0.39, 0.29) is 23.7 Å². The van der Waals surface area contributed by atoms with E-state index >= 15 is 0 Å². The third-order valence-electron chi connectivity index (χ3n) is 6.78. The van der Waals surface area contributed by atoms with Gasteiger partial charge in [0.1, 0.15) is 11.8 Å². The molecular weight excluding hydrogens is 442 g/mol. The molecule has 0 saturated carbocycles. The SMILES string of the molecule is Nc1nnc(-c2ccccc2O)cc1N1CCN(c2ccccc2)C(C(=O)NC2CCNCC2)C1. The van der Waals surface area contributed by atoms with E-state index in [9.17, 15) is 9.90 Å². The number of benzene rings is 2. The van der Waals surface area contributed by atoms with Gasteiger partial charge in [0.05, 0.1) is 11.4 Å². The zero-order chi connectivity index (χ0) is 24.2. The van der Waals surface area contributed by atoms with Gasteiger partial charge in [-0.25, -0.2) is 0 Å². The zero-order valence-corrected chi connectivity index (χ0v) is 19.6. The van der Waals surface area contributed by atoms with Crippen LogP contribution in [0, 0.1) is 0 Å². The maximum atomic E-state index is 13.6. The first-order valence-corrected chi connectivity index (χ1v) is 12.1. The van der Waals surface area contributed by atoms with E-state index < -0.39 is 0 Å². The molecule has 2 aromatic carbocycles. The van der Waals surface area contributed by atoms with Crippen LogP contribution in [0.5, 0.6) is 5.75 Å². The molecule has 35 heavy (non-hydrogen) atoms. The minimum Gasteiger partial charge on any atom is -0.507 e. The Balaban J connectivity index is 1.43. The lowest BCUT2D eigenvalue weighted by Crippen LogP contribution is -2.61. The van der Waals surface area contributed by atoms with Crippen molar-refractivity contribution >= 4 is 23.1 Å². The molecule has 182 valence electrons. The summed E-state index contributed by atoms with van der Waals surface area (Å²) in [5.74, 6) is 0.451. The predicted molar refractivity (Wildman–Crippen MR) is 137 cm³/mol. The molecule has 2 fully saturated rings. The normalized spacial score (nSPS) is 18.9. The van der Waals surface area contributed by atoms with E-state index in [1.54, 1.807) is 18.2 Å². The molecule has 3 heterocycles. The summed E-state index contributed by atoms with van der Waals surface area (Å²) in [7, 11) is 0. The van der Waals surface area contributed by atoms with Crippen LogP contribution in [-0.4, -0.2) is 66.0 Å². The predicted octanol–water partition coefficient (Wildman–Crippen LogP) is 1.99. The zero-order valence-electron chi connectivity index (χ0n) is 19.6. The minimum atomic E-state index is -0.387. The van der Waals surface area contributed by atoms with Crippen LogP contribution in [0.25, 0.3) is 11.3 Å². The molecule has 5 rings (SSSR count). The van der Waals surface area contributed by atoms with Crippen molar-refractivity contribution in [2.24, 2.45) is 0 Å². The molecule has 0 radical (unpaired) electrons. The number of phenols is 1. The van der Waals surface area contributed by atoms with Gasteiger partial charge in [-0.2, -0.15) is 0 Å². The number of hydrogen-bond donors (Lipinski definition) is 4. The lowest BCUT2D eigenvalue weighted by molar-refractivity contribution is -0.123. The van der Waals surface area contributed by atoms with Crippen LogP contribution >= 0.6 is 0 Å². The van der Waals surface area contributed by atoms with E-state index in [2.05, 4.69) is 30.6 Å². The number of carbonyl (C=O) groups is 1. The van der Waals surface area contributed by atoms with Crippen molar-refractivity contribution < 1.29 is 9.90 Å². The highest BCUT2D eigenvalue weighted by atomic mass is 16.3. The molecular formula is C26H31N7O2. The molecule has 0 aliphatic carbocycles. The van der Waals surface area contributed by atoms with Gasteiger partial charge < -0.3 is 31.3 Å². The number of piperidine rings is 1. The van der Waals surface area contributed by atoms with Crippen molar-refractivity contribution in [1.29, 1.82) is 0 Å². The Morgan fingerprint density at radius 2 is 1.77 bits per heavy atom. The van der Waals surface area contributed by atoms with Gasteiger partial charge >= 0.3 is 0 Å². The summed E-state index contributed by atoms with van der Waals surface area (Å²) in [4.78, 5) is 17.8. The van der Waals surface area contributed by atoms with Gasteiger partial charge in [-0.3, -0.25) is 4.79 Å². The highest BCUT2D eigenvalue weighted by molar-refractivity contribution is 5.87. The van der Waals surface area contributed by atoms with Crippen LogP contribution in [0.4, 0.5) is 17.2 Å². The average molecular weight is 474 g/mol. The van der Waals surface area contributed by atoms with E-state index in [4.69, 9.17) is 5.73 Å². The second-order valence-electron chi connectivity index (χ2n) is 9.04. The van der Waals surface area contributed by atoms with Crippen LogP contribution < -0.4 is 26.2 Å². The smallest absolute Gasteiger partial charge is 0.244 e. The Bertz CT molecular complexity index is 1170. The maximum absolute atomic E-state index is 13.6. The first-order chi connectivity index (χ1) is 17.1. The van der Waals surface area contributed by atoms with Crippen molar-refractivity contribution in [1.82, 2.24) is 20.8 Å². The molecule has 1 unspecified atom stereocenters. The molecule has 2 aliphatic rings. The van der Waals surface area contributed by atoms with Crippen molar-refractivity contribution in [3.05, 3.63) is 60.7 Å². The molecule has 9 nitrogen and oxygen atoms in total. The van der Waals surface area contributed by atoms with Crippen LogP contribution in [0.2, 0.25) is 0 Å². The number of nitrogens with one attached hydrogen (secondary N) is 2. The number of nitrogens with two attached hydrogens (primary N) is 1. The van der Waals surface area contributed by atoms with Crippen LogP contribution in [0.15, 0.2) is 60.7 Å². The third-order valence-corrected chi connectivity index (χ3v) is 6.78. The van der Waals surface area contributed by atoms with Crippen LogP contribution in [0.1, 0.15) is 12.8 Å². The Kier molecular flexibility index (Phi) is 6.67. The summed E-state index contributed by atoms with van der Waals surface area (Å²) >= 11 is 0. The first kappa shape index (κ1) is 22.9. The summed E-state index contributed by atoms with van der Waals surface area (Å²) in [6.45, 7) is 3.61. The molecule has 1 atom stereocenters. The molecule has 0 spiro atoms. The second-order valence-corrected chi connectivity index (χ2v) is 9.04. The third kappa shape index (κ3) is 5.00. The Morgan fingerprint density at radius 3 is 2.54 bits per heavy atom. The number of aromatic nitrogens is 2. The van der Waals surface area contributed by atoms with Crippen LogP contribution in [-0.2, 0) is 4.79 Å². The van der Waals surface area contributed by atoms with Crippen molar-refractivity contribution in [3.63, 3.8) is 0 Å². The van der Waals surface area contributed by atoms with Crippen molar-refractivity contribution in [2.75, 3.05) is 48.3 Å². The molecule has 3 aromatic rings. The lowest BCUT2D eigenvalue weighted by atomic mass is 10.0. The Morgan fingerprint density at radius 1 is 1.03 bits per heavy atom. The summed E-state index contributed by atoms with van der Waals surface area (Å²) in [6, 6.07) is 18.7. The average Bonchev–Trinajstić information content (AvgIpc) is 2.90. The van der Waals surface area contributed by atoms with Crippen LogP contribution in [0.3, 0.4) is 0 Å². The van der Waals surface area contributed by atoms with E-state index in [1.807, 2.05) is 42.5 Å². The molecule has 1 aromatic heterocycles. The molecule has 2 aliphatic heterocycles. The maximum Gasteiger partial charge on any atom is 0.244 e. The molecule has 1 amide bonds. The highest BCUT2D eigenvalue weighted by Crippen LogP contribution is 2.33. The number of anilines is 3. The summed E-state index contributed by atoms with van der Waals surface area (Å²) in [5, 5.41) is 25.3. The van der Waals surface area contributed by atoms with Crippen molar-refractivity contribution in [2.45, 2.75) is 24.9 Å². The fourth-order valence-corrected chi connectivity index (χ4v) is 4.88. The molecule has 2 saturated heterocycles. The van der Waals surface area contributed by atoms with Gasteiger partial charge in [0.25, 0.3) is 0 Å². The summed E-state index contributed by atoms with van der Waals surface area (Å²) in [6.07, 6.45) is 1.86. The van der Waals surface area contributed by atoms with Gasteiger partial charge in [0, 0.05) is 36.9 Å². The number of nitrogen functional groups attached to an aromatic ring is 1. The number of amides is 1. The number of rotatable bonds is 5. The first-order valence-electron chi connectivity index (χ1n) is 12.1. The van der Waals surface area contributed by atoms with Gasteiger partial charge in [-0.15, -0.1) is 10.2 Å². The second kappa shape index (κ2) is 10.2. The van der Waals surface area contributed by atoms with Gasteiger partial charge in [-0.05, 0) is 56.3 Å². The number of aromatic hydroxyl groups is 1. The highest BCUT2D eigenvalue weighted by Gasteiger charge is 2.34. The number of phenolic OH excluding ortho intramolecular Hbond substituents is 1. The van der Waals surface area contributed by atoms with Gasteiger partial charge in [-0.1, -0.05) is 30.3 Å². The van der Waals surface area contributed by atoms with Gasteiger partial charge in [0.2, 0.25) is 5.91 Å². The van der Waals surface area contributed by atoms with Gasteiger partial charge in [0.15, 0.2) is 5.82 Å². The van der Waals surface area contributed by atoms with E-state index in [1.165, 1.54) is 0 Å². The number of carbonyl (C=O) groups excluding carboxylic acids is 1. The Hall–Kier alpha value is -3.85. The topological polar surface area (TPSA) is 120 Å². The summed E-state index contributed by atoms with van der Waals surface area (Å²) in [5.41, 5.74) is 9.11. The lowest BCUT2D eigenvalue weighted by Gasteiger charge is -2.43. The number of para-hydroxylation sites is 2.